The SMILES string of the molecule is Cc1cc2ncc(C(=O)Nc3ccc(C(=O)O)cc3)n2nc1Nc1ccco1. The van der Waals surface area contributed by atoms with Crippen molar-refractivity contribution in [1.29, 1.82) is 0 Å². The number of aromatic nitrogens is 3. The Morgan fingerprint density at radius 3 is 2.64 bits per heavy atom. The first-order chi connectivity index (χ1) is 13.5. The molecule has 4 aromatic rings. The van der Waals surface area contributed by atoms with Gasteiger partial charge in [0, 0.05) is 11.8 Å². The third-order valence-corrected chi connectivity index (χ3v) is 4.07. The summed E-state index contributed by atoms with van der Waals surface area (Å²) < 4.78 is 6.70. The first-order valence-corrected chi connectivity index (χ1v) is 8.32. The molecule has 0 fully saturated rings. The summed E-state index contributed by atoms with van der Waals surface area (Å²) in [6, 6.07) is 11.2. The number of imidazole rings is 1. The number of carbonyl (C=O) groups is 2. The second-order valence-electron chi connectivity index (χ2n) is 6.03. The molecule has 3 N–H and O–H groups in total. The number of carboxylic acids is 1. The van der Waals surface area contributed by atoms with Gasteiger partial charge in [0.15, 0.2) is 23.0 Å². The molecule has 4 rings (SSSR count). The van der Waals surface area contributed by atoms with Crippen LogP contribution in [-0.4, -0.2) is 31.6 Å². The molecule has 140 valence electrons. The molecule has 0 radical (unpaired) electrons. The Hall–Kier alpha value is -4.14. The first-order valence-electron chi connectivity index (χ1n) is 8.32. The van der Waals surface area contributed by atoms with E-state index in [9.17, 15) is 9.59 Å². The molecule has 1 amide bonds. The molecular weight excluding hydrogens is 362 g/mol. The lowest BCUT2D eigenvalue weighted by molar-refractivity contribution is 0.0696. The van der Waals surface area contributed by atoms with E-state index in [0.29, 0.717) is 23.0 Å². The fourth-order valence-corrected chi connectivity index (χ4v) is 2.64. The van der Waals surface area contributed by atoms with Crippen LogP contribution >= 0.6 is 0 Å². The Balaban J connectivity index is 1.62. The predicted octanol–water partition coefficient (Wildman–Crippen LogP) is 3.32. The van der Waals surface area contributed by atoms with E-state index >= 15 is 0 Å². The van der Waals surface area contributed by atoms with Crippen LogP contribution in [-0.2, 0) is 0 Å². The summed E-state index contributed by atoms with van der Waals surface area (Å²) in [6.07, 6.45) is 2.97. The minimum absolute atomic E-state index is 0.138. The molecule has 0 aliphatic carbocycles. The highest BCUT2D eigenvalue weighted by Crippen LogP contribution is 2.20. The summed E-state index contributed by atoms with van der Waals surface area (Å²) in [4.78, 5) is 27.8. The predicted molar refractivity (Wildman–Crippen MR) is 101 cm³/mol. The maximum atomic E-state index is 12.7. The number of carbonyl (C=O) groups excluding carboxylic acids is 1. The van der Waals surface area contributed by atoms with Gasteiger partial charge in [0.2, 0.25) is 0 Å². The molecule has 3 heterocycles. The Labute approximate surface area is 158 Å². The minimum Gasteiger partial charge on any atom is -0.478 e. The topological polar surface area (TPSA) is 122 Å². The number of rotatable bonds is 5. The van der Waals surface area contributed by atoms with Gasteiger partial charge in [0.05, 0.1) is 18.0 Å². The Kier molecular flexibility index (Phi) is 4.24. The average Bonchev–Trinajstić information content (AvgIpc) is 3.32. The zero-order chi connectivity index (χ0) is 19.7. The van der Waals surface area contributed by atoms with Crippen molar-refractivity contribution < 1.29 is 19.1 Å². The number of aromatic carboxylic acids is 1. The molecule has 0 unspecified atom stereocenters. The van der Waals surface area contributed by atoms with Crippen molar-refractivity contribution in [2.24, 2.45) is 0 Å². The summed E-state index contributed by atoms with van der Waals surface area (Å²) in [5.41, 5.74) is 2.20. The molecular formula is C19H15N5O4. The van der Waals surface area contributed by atoms with E-state index in [0.717, 1.165) is 5.56 Å². The van der Waals surface area contributed by atoms with Crippen LogP contribution < -0.4 is 10.6 Å². The molecule has 9 nitrogen and oxygen atoms in total. The Morgan fingerprint density at radius 1 is 1.18 bits per heavy atom. The van der Waals surface area contributed by atoms with Crippen LogP contribution in [0.1, 0.15) is 26.4 Å². The molecule has 28 heavy (non-hydrogen) atoms. The monoisotopic (exact) mass is 377 g/mol. The number of hydrogen-bond acceptors (Lipinski definition) is 6. The van der Waals surface area contributed by atoms with Crippen LogP contribution in [0.15, 0.2) is 59.3 Å². The van der Waals surface area contributed by atoms with E-state index in [1.54, 1.807) is 24.5 Å². The van der Waals surface area contributed by atoms with Crippen molar-refractivity contribution in [3.63, 3.8) is 0 Å². The average molecular weight is 377 g/mol. The first kappa shape index (κ1) is 17.3. The molecule has 0 saturated carbocycles. The normalized spacial score (nSPS) is 10.8. The number of amides is 1. The highest BCUT2D eigenvalue weighted by atomic mass is 16.4. The fraction of sp³-hybridized carbons (Fsp3) is 0.0526. The number of aryl methyl sites for hydroxylation is 1. The van der Waals surface area contributed by atoms with Gasteiger partial charge in [-0.05, 0) is 48.9 Å². The summed E-state index contributed by atoms with van der Waals surface area (Å²) in [5, 5.41) is 19.2. The standard InChI is InChI=1S/C19H15N5O4/c1-11-9-15-20-10-14(24(15)23-17(11)22-16-3-2-8-28-16)18(25)21-13-6-4-12(5-7-13)19(26)27/h2-10H,1H3,(H,21,25)(H,22,23)(H,26,27). The summed E-state index contributed by atoms with van der Waals surface area (Å²) in [5.74, 6) is -0.397. The number of fused-ring (bicyclic) bond motifs is 1. The van der Waals surface area contributed by atoms with E-state index < -0.39 is 11.9 Å². The molecule has 0 saturated heterocycles. The van der Waals surface area contributed by atoms with Gasteiger partial charge in [0.25, 0.3) is 5.91 Å². The largest absolute Gasteiger partial charge is 0.478 e. The highest BCUT2D eigenvalue weighted by molar-refractivity contribution is 6.03. The Morgan fingerprint density at radius 2 is 1.96 bits per heavy atom. The lowest BCUT2D eigenvalue weighted by Crippen LogP contribution is -2.16. The molecule has 0 spiro atoms. The number of hydrogen-bond donors (Lipinski definition) is 3. The van der Waals surface area contributed by atoms with Crippen molar-refractivity contribution in [3.8, 4) is 0 Å². The van der Waals surface area contributed by atoms with Gasteiger partial charge >= 0.3 is 5.97 Å². The van der Waals surface area contributed by atoms with Crippen LogP contribution in [0.5, 0.6) is 0 Å². The van der Waals surface area contributed by atoms with Gasteiger partial charge in [-0.1, -0.05) is 0 Å². The molecule has 9 heteroatoms. The van der Waals surface area contributed by atoms with E-state index in [2.05, 4.69) is 20.7 Å². The molecule has 0 aliphatic heterocycles. The molecule has 0 bridgehead atoms. The molecule has 0 atom stereocenters. The highest BCUT2D eigenvalue weighted by Gasteiger charge is 2.16. The van der Waals surface area contributed by atoms with E-state index in [-0.39, 0.29) is 11.3 Å². The Bertz CT molecular complexity index is 1160. The minimum atomic E-state index is -1.03. The quantitative estimate of drug-likeness (QED) is 0.488. The third-order valence-electron chi connectivity index (χ3n) is 4.07. The zero-order valence-electron chi connectivity index (χ0n) is 14.7. The van der Waals surface area contributed by atoms with Crippen molar-refractivity contribution in [2.45, 2.75) is 6.92 Å². The lowest BCUT2D eigenvalue weighted by atomic mass is 10.2. The van der Waals surface area contributed by atoms with Gasteiger partial charge in [-0.25, -0.2) is 14.3 Å². The number of nitrogens with one attached hydrogen (secondary N) is 2. The third kappa shape index (κ3) is 3.28. The van der Waals surface area contributed by atoms with Crippen LogP contribution in [0.25, 0.3) is 5.65 Å². The second-order valence-corrected chi connectivity index (χ2v) is 6.03. The number of nitrogens with zero attached hydrogens (tertiary/aromatic N) is 3. The van der Waals surface area contributed by atoms with Crippen LogP contribution in [0.4, 0.5) is 17.4 Å². The summed E-state index contributed by atoms with van der Waals surface area (Å²) >= 11 is 0. The fourth-order valence-electron chi connectivity index (χ4n) is 2.64. The number of furan rings is 1. The van der Waals surface area contributed by atoms with E-state index in [1.807, 2.05) is 6.92 Å². The molecule has 3 aromatic heterocycles. The van der Waals surface area contributed by atoms with Crippen LogP contribution in [0, 0.1) is 6.92 Å². The van der Waals surface area contributed by atoms with Gasteiger partial charge in [-0.15, -0.1) is 5.10 Å². The van der Waals surface area contributed by atoms with Crippen LogP contribution in [0.2, 0.25) is 0 Å². The summed E-state index contributed by atoms with van der Waals surface area (Å²) in [7, 11) is 0. The number of anilines is 3. The molecule has 1 aromatic carbocycles. The molecule has 0 aliphatic rings. The van der Waals surface area contributed by atoms with Gasteiger partial charge in [-0.3, -0.25) is 4.79 Å². The van der Waals surface area contributed by atoms with Gasteiger partial charge in [0.1, 0.15) is 0 Å². The van der Waals surface area contributed by atoms with Gasteiger partial charge in [-0.2, -0.15) is 0 Å². The van der Waals surface area contributed by atoms with Gasteiger partial charge < -0.3 is 20.2 Å². The number of carboxylic acid groups (broad SMARTS) is 1. The van der Waals surface area contributed by atoms with Crippen molar-refractivity contribution in [2.75, 3.05) is 10.6 Å². The zero-order valence-corrected chi connectivity index (χ0v) is 14.7. The second kappa shape index (κ2) is 6.88. The maximum absolute atomic E-state index is 12.7. The number of benzene rings is 1. The summed E-state index contributed by atoms with van der Waals surface area (Å²) in [6.45, 7) is 1.87. The van der Waals surface area contributed by atoms with E-state index in [4.69, 9.17) is 9.52 Å². The maximum Gasteiger partial charge on any atom is 0.335 e. The van der Waals surface area contributed by atoms with E-state index in [1.165, 1.54) is 35.0 Å². The van der Waals surface area contributed by atoms with Crippen molar-refractivity contribution in [3.05, 3.63) is 71.7 Å². The smallest absolute Gasteiger partial charge is 0.335 e. The lowest BCUT2D eigenvalue weighted by Gasteiger charge is -2.08. The van der Waals surface area contributed by atoms with Crippen molar-refractivity contribution in [1.82, 2.24) is 14.6 Å². The van der Waals surface area contributed by atoms with Crippen molar-refractivity contribution >= 4 is 34.9 Å². The van der Waals surface area contributed by atoms with Crippen LogP contribution in [0.3, 0.4) is 0 Å².